The van der Waals surface area contributed by atoms with E-state index in [0.29, 0.717) is 47.2 Å². The van der Waals surface area contributed by atoms with Crippen molar-refractivity contribution in [3.05, 3.63) is 76.9 Å². The van der Waals surface area contributed by atoms with Crippen LogP contribution in [0.2, 0.25) is 0 Å². The van der Waals surface area contributed by atoms with Crippen molar-refractivity contribution < 1.29 is 33.0 Å². The molecule has 8 heteroatoms. The van der Waals surface area contributed by atoms with Crippen molar-refractivity contribution >= 4 is 17.5 Å². The van der Waals surface area contributed by atoms with Gasteiger partial charge in [-0.1, -0.05) is 6.07 Å². The summed E-state index contributed by atoms with van der Waals surface area (Å²) in [5.41, 5.74) is 2.78. The van der Waals surface area contributed by atoms with E-state index in [9.17, 15) is 18.8 Å². The van der Waals surface area contributed by atoms with Crippen LogP contribution in [0.4, 0.5) is 4.39 Å². The van der Waals surface area contributed by atoms with Gasteiger partial charge in [0.15, 0.2) is 23.9 Å². The van der Waals surface area contributed by atoms with Gasteiger partial charge in [0.2, 0.25) is 5.78 Å². The first kappa shape index (κ1) is 23.2. The Morgan fingerprint density at radius 2 is 1.71 bits per heavy atom. The molecule has 0 saturated heterocycles. The van der Waals surface area contributed by atoms with E-state index in [1.807, 2.05) is 6.92 Å². The number of hydrogen-bond donors (Lipinski definition) is 0. The molecule has 0 aliphatic carbocycles. The first-order valence-corrected chi connectivity index (χ1v) is 10.9. The van der Waals surface area contributed by atoms with E-state index >= 15 is 0 Å². The zero-order valence-electron chi connectivity index (χ0n) is 18.9. The van der Waals surface area contributed by atoms with Crippen molar-refractivity contribution in [3.63, 3.8) is 0 Å². The van der Waals surface area contributed by atoms with Crippen LogP contribution in [-0.4, -0.2) is 41.9 Å². The van der Waals surface area contributed by atoms with Gasteiger partial charge in [-0.2, -0.15) is 0 Å². The number of rotatable bonds is 8. The molecule has 3 aromatic rings. The number of hydrogen-bond acceptors (Lipinski definition) is 6. The fraction of sp³-hybridized carbons (Fsp3) is 0.269. The highest BCUT2D eigenvalue weighted by molar-refractivity contribution is 6.00. The van der Waals surface area contributed by atoms with Crippen LogP contribution in [0.25, 0.3) is 5.69 Å². The minimum absolute atomic E-state index is 0.0548. The number of nitrogens with zero attached hydrogens (tertiary/aromatic N) is 1. The van der Waals surface area contributed by atoms with Gasteiger partial charge in [0.25, 0.3) is 0 Å². The molecule has 1 aromatic heterocycles. The van der Waals surface area contributed by atoms with Crippen molar-refractivity contribution in [2.45, 2.75) is 26.7 Å². The van der Waals surface area contributed by atoms with Gasteiger partial charge in [-0.3, -0.25) is 14.4 Å². The van der Waals surface area contributed by atoms with Crippen molar-refractivity contribution in [1.29, 1.82) is 0 Å². The van der Waals surface area contributed by atoms with Crippen LogP contribution in [0.15, 0.2) is 48.5 Å². The molecular weight excluding hydrogens is 441 g/mol. The maximum absolute atomic E-state index is 13.6. The number of carbonyl (C=O) groups excluding carboxylic acids is 3. The van der Waals surface area contributed by atoms with Crippen LogP contribution in [0, 0.1) is 19.7 Å². The van der Waals surface area contributed by atoms with Gasteiger partial charge >= 0.3 is 5.97 Å². The summed E-state index contributed by atoms with van der Waals surface area (Å²) in [6.45, 7) is 3.99. The van der Waals surface area contributed by atoms with Crippen molar-refractivity contribution in [2.75, 3.05) is 19.8 Å². The lowest BCUT2D eigenvalue weighted by molar-refractivity contribution is -0.142. The first-order valence-electron chi connectivity index (χ1n) is 10.9. The van der Waals surface area contributed by atoms with E-state index in [0.717, 1.165) is 5.69 Å². The summed E-state index contributed by atoms with van der Waals surface area (Å²) in [7, 11) is 0. The lowest BCUT2D eigenvalue weighted by Gasteiger charge is -2.18. The Morgan fingerprint density at radius 3 is 2.47 bits per heavy atom. The summed E-state index contributed by atoms with van der Waals surface area (Å²) in [5.74, 6) is -0.546. The average Bonchev–Trinajstić information content (AvgIpc) is 3.14. The van der Waals surface area contributed by atoms with Gasteiger partial charge in [-0.05, 0) is 56.3 Å². The first-order chi connectivity index (χ1) is 16.3. The van der Waals surface area contributed by atoms with Gasteiger partial charge in [-0.25, -0.2) is 4.39 Å². The second-order valence-electron chi connectivity index (χ2n) is 7.97. The Kier molecular flexibility index (Phi) is 6.77. The number of aryl methyl sites for hydroxylation is 1. The summed E-state index contributed by atoms with van der Waals surface area (Å²) < 4.78 is 31.4. The largest absolute Gasteiger partial charge is 0.486 e. The van der Waals surface area contributed by atoms with E-state index in [1.54, 1.807) is 47.9 Å². The minimum atomic E-state index is -0.641. The number of Topliss-reactive ketones (excluding diaryl/α,β-unsaturated/α-hetero) is 2. The Morgan fingerprint density at radius 1 is 0.941 bits per heavy atom. The fourth-order valence-corrected chi connectivity index (χ4v) is 3.93. The third kappa shape index (κ3) is 5.01. The third-order valence-electron chi connectivity index (χ3n) is 5.58. The highest BCUT2D eigenvalue weighted by atomic mass is 19.1. The van der Waals surface area contributed by atoms with E-state index < -0.39 is 12.6 Å². The lowest BCUT2D eigenvalue weighted by Crippen LogP contribution is -2.16. The molecule has 2 heterocycles. The summed E-state index contributed by atoms with van der Waals surface area (Å²) in [4.78, 5) is 37.3. The standard InChI is InChI=1S/C26H24FNO6/c1-16-12-21(17(2)28(16)20-5-3-4-19(27)14-20)23(30)15-34-26(31)9-7-22(29)18-6-8-24-25(13-18)33-11-10-32-24/h3-6,8,12-14H,7,9-11,15H2,1-2H3. The molecule has 0 amide bonds. The smallest absolute Gasteiger partial charge is 0.306 e. The van der Waals surface area contributed by atoms with Gasteiger partial charge in [0, 0.05) is 34.6 Å². The highest BCUT2D eigenvalue weighted by Gasteiger charge is 2.20. The Labute approximate surface area is 196 Å². The fourth-order valence-electron chi connectivity index (χ4n) is 3.93. The monoisotopic (exact) mass is 465 g/mol. The molecule has 0 radical (unpaired) electrons. The van der Waals surface area contributed by atoms with Crippen molar-refractivity contribution in [2.24, 2.45) is 0 Å². The lowest BCUT2D eigenvalue weighted by atomic mass is 10.1. The second kappa shape index (κ2) is 9.91. The maximum atomic E-state index is 13.6. The number of fused-ring (bicyclic) bond motifs is 1. The van der Waals surface area contributed by atoms with Crippen LogP contribution in [-0.2, 0) is 9.53 Å². The van der Waals surface area contributed by atoms with Crippen LogP contribution in [0.3, 0.4) is 0 Å². The minimum Gasteiger partial charge on any atom is -0.486 e. The van der Waals surface area contributed by atoms with Crippen LogP contribution in [0.1, 0.15) is 44.9 Å². The molecule has 34 heavy (non-hydrogen) atoms. The van der Waals surface area contributed by atoms with Crippen LogP contribution >= 0.6 is 0 Å². The molecule has 0 bridgehead atoms. The molecule has 0 N–H and O–H groups in total. The number of ketones is 2. The number of ether oxygens (including phenoxy) is 3. The zero-order valence-corrected chi connectivity index (χ0v) is 18.9. The van der Waals surface area contributed by atoms with Crippen molar-refractivity contribution in [3.8, 4) is 17.2 Å². The Balaban J connectivity index is 1.32. The topological polar surface area (TPSA) is 83.8 Å². The SMILES string of the molecule is Cc1cc(C(=O)COC(=O)CCC(=O)c2ccc3c(c2)OCCO3)c(C)n1-c1cccc(F)c1. The predicted octanol–water partition coefficient (Wildman–Crippen LogP) is 4.39. The number of carbonyl (C=O) groups is 3. The van der Waals surface area contributed by atoms with Gasteiger partial charge in [0.05, 0.1) is 6.42 Å². The summed E-state index contributed by atoms with van der Waals surface area (Å²) >= 11 is 0. The van der Waals surface area contributed by atoms with E-state index in [-0.39, 0.29) is 30.2 Å². The van der Waals surface area contributed by atoms with Crippen molar-refractivity contribution in [1.82, 2.24) is 4.57 Å². The van der Waals surface area contributed by atoms with Gasteiger partial charge in [0.1, 0.15) is 19.0 Å². The normalized spacial score (nSPS) is 12.3. The molecular formula is C26H24FNO6. The quantitative estimate of drug-likeness (QED) is 0.362. The summed E-state index contributed by atoms with van der Waals surface area (Å²) in [5, 5.41) is 0. The molecule has 1 aliphatic rings. The maximum Gasteiger partial charge on any atom is 0.306 e. The molecule has 4 rings (SSSR count). The van der Waals surface area contributed by atoms with Gasteiger partial charge < -0.3 is 18.8 Å². The Hall–Kier alpha value is -3.94. The number of esters is 1. The molecule has 176 valence electrons. The third-order valence-corrected chi connectivity index (χ3v) is 5.58. The van der Waals surface area contributed by atoms with E-state index in [4.69, 9.17) is 14.2 Å². The highest BCUT2D eigenvalue weighted by Crippen LogP contribution is 2.31. The Bertz CT molecular complexity index is 1260. The number of halogens is 1. The molecule has 0 fully saturated rings. The summed E-state index contributed by atoms with van der Waals surface area (Å²) in [6.07, 6.45) is -0.205. The number of benzene rings is 2. The van der Waals surface area contributed by atoms with Crippen LogP contribution < -0.4 is 9.47 Å². The molecule has 0 spiro atoms. The summed E-state index contributed by atoms with van der Waals surface area (Å²) in [6, 6.07) is 12.6. The average molecular weight is 465 g/mol. The van der Waals surface area contributed by atoms with E-state index in [2.05, 4.69) is 0 Å². The molecule has 0 unspecified atom stereocenters. The molecule has 2 aromatic carbocycles. The zero-order chi connectivity index (χ0) is 24.2. The van der Waals surface area contributed by atoms with Crippen LogP contribution in [0.5, 0.6) is 11.5 Å². The predicted molar refractivity (Wildman–Crippen MR) is 121 cm³/mol. The molecule has 0 atom stereocenters. The van der Waals surface area contributed by atoms with E-state index in [1.165, 1.54) is 12.1 Å². The molecule has 1 aliphatic heterocycles. The molecule has 7 nitrogen and oxygen atoms in total. The molecule has 0 saturated carbocycles. The number of aromatic nitrogens is 1. The second-order valence-corrected chi connectivity index (χ2v) is 7.97. The van der Waals surface area contributed by atoms with Gasteiger partial charge in [-0.15, -0.1) is 0 Å².